The van der Waals surface area contributed by atoms with Gasteiger partial charge in [0.05, 0.1) is 6.10 Å². The van der Waals surface area contributed by atoms with Crippen LogP contribution in [0.5, 0.6) is 0 Å². The zero-order valence-electron chi connectivity index (χ0n) is 19.6. The normalized spacial score (nSPS) is 47.0. The minimum Gasteiger partial charge on any atom is -0.393 e. The van der Waals surface area contributed by atoms with E-state index >= 15 is 0 Å². The summed E-state index contributed by atoms with van der Waals surface area (Å²) in [4.78, 5) is 0. The van der Waals surface area contributed by atoms with Crippen LogP contribution in [0.2, 0.25) is 0 Å². The fourth-order valence-electron chi connectivity index (χ4n) is 8.48. The predicted molar refractivity (Wildman–Crippen MR) is 119 cm³/mol. The fourth-order valence-corrected chi connectivity index (χ4v) is 8.48. The van der Waals surface area contributed by atoms with Gasteiger partial charge in [-0.1, -0.05) is 53.2 Å². The van der Waals surface area contributed by atoms with Crippen molar-refractivity contribution in [1.82, 2.24) is 0 Å². The van der Waals surface area contributed by atoms with Crippen molar-refractivity contribution >= 4 is 0 Å². The van der Waals surface area contributed by atoms with Crippen molar-refractivity contribution in [3.8, 4) is 0 Å². The van der Waals surface area contributed by atoms with Gasteiger partial charge >= 0.3 is 0 Å². The van der Waals surface area contributed by atoms with Crippen molar-refractivity contribution < 1.29 is 5.11 Å². The summed E-state index contributed by atoms with van der Waals surface area (Å²) in [5, 5.41) is 10.2. The van der Waals surface area contributed by atoms with Gasteiger partial charge in [-0.05, 0) is 110 Å². The number of rotatable bonds is 3. The highest BCUT2D eigenvalue weighted by Gasteiger charge is 2.59. The Morgan fingerprint density at radius 3 is 2.54 bits per heavy atom. The molecule has 0 unspecified atom stereocenters. The third kappa shape index (κ3) is 3.42. The van der Waals surface area contributed by atoms with E-state index in [0.29, 0.717) is 16.2 Å². The first-order valence-corrected chi connectivity index (χ1v) is 12.4. The molecule has 1 heteroatoms. The minimum absolute atomic E-state index is 0.0794. The van der Waals surface area contributed by atoms with E-state index in [-0.39, 0.29) is 6.10 Å². The van der Waals surface area contributed by atoms with E-state index in [1.807, 2.05) is 0 Å². The summed E-state index contributed by atoms with van der Waals surface area (Å²) >= 11 is 0. The highest BCUT2D eigenvalue weighted by atomic mass is 16.3. The number of allylic oxidation sites excluding steroid dienone is 1. The third-order valence-electron chi connectivity index (χ3n) is 10.2. The Morgan fingerprint density at radius 1 is 1.07 bits per heavy atom. The quantitative estimate of drug-likeness (QED) is 0.501. The molecule has 0 bridgehead atoms. The first-order valence-electron chi connectivity index (χ1n) is 12.4. The Balaban J connectivity index is 1.52. The van der Waals surface area contributed by atoms with Crippen LogP contribution in [0.15, 0.2) is 11.6 Å². The summed E-state index contributed by atoms with van der Waals surface area (Å²) in [5.74, 6) is 4.53. The first-order chi connectivity index (χ1) is 13.0. The molecule has 3 saturated carbocycles. The van der Waals surface area contributed by atoms with Crippen LogP contribution in [-0.4, -0.2) is 11.2 Å². The van der Waals surface area contributed by atoms with Crippen molar-refractivity contribution in [1.29, 1.82) is 0 Å². The molecule has 1 nitrogen and oxygen atoms in total. The van der Waals surface area contributed by atoms with Crippen LogP contribution in [0.3, 0.4) is 0 Å². The van der Waals surface area contributed by atoms with E-state index in [0.717, 1.165) is 42.4 Å². The summed E-state index contributed by atoms with van der Waals surface area (Å²) in [6.45, 7) is 15.0. The Labute approximate surface area is 174 Å². The SMILES string of the molecule is C[C@H](CCC(C)(C)C)[C@H]1CC[C@H]2[C@@H]3CC=C4C[C@@H](O)CC[C@]4(C)[C@H]3CC[C@]12C. The van der Waals surface area contributed by atoms with E-state index in [4.69, 9.17) is 0 Å². The Bertz CT molecular complexity index is 612. The summed E-state index contributed by atoms with van der Waals surface area (Å²) in [7, 11) is 0. The van der Waals surface area contributed by atoms with Gasteiger partial charge in [-0.2, -0.15) is 0 Å². The molecule has 4 aliphatic rings. The summed E-state index contributed by atoms with van der Waals surface area (Å²) < 4.78 is 0. The van der Waals surface area contributed by atoms with E-state index in [1.54, 1.807) is 5.57 Å². The molecular weight excluding hydrogens is 340 g/mol. The lowest BCUT2D eigenvalue weighted by Gasteiger charge is -2.58. The molecule has 0 amide bonds. The number of aliphatic hydroxyl groups is 1. The van der Waals surface area contributed by atoms with Gasteiger partial charge in [-0.3, -0.25) is 0 Å². The highest BCUT2D eigenvalue weighted by Crippen LogP contribution is 2.67. The van der Waals surface area contributed by atoms with Gasteiger partial charge in [0.25, 0.3) is 0 Å². The maximum Gasteiger partial charge on any atom is 0.0577 e. The number of hydrogen-bond donors (Lipinski definition) is 1. The van der Waals surface area contributed by atoms with Gasteiger partial charge in [0.15, 0.2) is 0 Å². The second-order valence-electron chi connectivity index (χ2n) is 13.0. The summed E-state index contributed by atoms with van der Waals surface area (Å²) in [6.07, 6.45) is 15.6. The predicted octanol–water partition coefficient (Wildman–Crippen LogP) is 7.39. The molecule has 0 aromatic heterocycles. The smallest absolute Gasteiger partial charge is 0.0577 e. The van der Waals surface area contributed by atoms with Gasteiger partial charge in [0, 0.05) is 0 Å². The van der Waals surface area contributed by atoms with E-state index in [9.17, 15) is 5.11 Å². The molecule has 3 fully saturated rings. The lowest BCUT2D eigenvalue weighted by molar-refractivity contribution is -0.0576. The maximum absolute atomic E-state index is 10.2. The average molecular weight is 387 g/mol. The first kappa shape index (κ1) is 21.0. The number of hydrogen-bond acceptors (Lipinski definition) is 1. The lowest BCUT2D eigenvalue weighted by atomic mass is 9.47. The third-order valence-corrected chi connectivity index (χ3v) is 10.2. The Hall–Kier alpha value is -0.300. The average Bonchev–Trinajstić information content (AvgIpc) is 2.97. The van der Waals surface area contributed by atoms with Crippen LogP contribution >= 0.6 is 0 Å². The summed E-state index contributed by atoms with van der Waals surface area (Å²) in [5.41, 5.74) is 3.05. The van der Waals surface area contributed by atoms with Crippen molar-refractivity contribution in [3.63, 3.8) is 0 Å². The molecule has 0 saturated heterocycles. The van der Waals surface area contributed by atoms with Crippen LogP contribution < -0.4 is 0 Å². The Morgan fingerprint density at radius 2 is 1.82 bits per heavy atom. The molecule has 4 aliphatic carbocycles. The molecule has 4 rings (SSSR count). The lowest BCUT2D eigenvalue weighted by Crippen LogP contribution is -2.50. The second kappa shape index (κ2) is 7.14. The monoisotopic (exact) mass is 386 g/mol. The molecule has 0 spiro atoms. The largest absolute Gasteiger partial charge is 0.393 e. The number of aliphatic hydroxyl groups excluding tert-OH is 1. The van der Waals surface area contributed by atoms with Gasteiger partial charge in [-0.15, -0.1) is 0 Å². The molecule has 0 heterocycles. The van der Waals surface area contributed by atoms with Crippen LogP contribution in [0.25, 0.3) is 0 Å². The standard InChI is InChI=1S/C27H46O/c1-18(11-14-25(2,3)4)22-9-10-23-21-8-7-19-17-20(28)12-15-26(19,5)24(21)13-16-27(22,23)6/h7,18,20-24,28H,8-17H2,1-6H3/t18-,20+,21+,22-,23+,24+,26+,27-/m1/s1. The van der Waals surface area contributed by atoms with Crippen LogP contribution in [0.1, 0.15) is 106 Å². The van der Waals surface area contributed by atoms with Crippen molar-refractivity contribution in [2.75, 3.05) is 0 Å². The summed E-state index contributed by atoms with van der Waals surface area (Å²) in [6, 6.07) is 0. The Kier molecular flexibility index (Phi) is 5.34. The molecule has 0 aromatic rings. The van der Waals surface area contributed by atoms with Crippen LogP contribution in [0, 0.1) is 45.8 Å². The fraction of sp³-hybridized carbons (Fsp3) is 0.926. The zero-order valence-corrected chi connectivity index (χ0v) is 19.6. The van der Waals surface area contributed by atoms with Gasteiger partial charge < -0.3 is 5.11 Å². The second-order valence-corrected chi connectivity index (χ2v) is 13.0. The van der Waals surface area contributed by atoms with Crippen molar-refractivity contribution in [2.45, 2.75) is 112 Å². The number of fused-ring (bicyclic) bond motifs is 5. The van der Waals surface area contributed by atoms with Gasteiger partial charge in [0.2, 0.25) is 0 Å². The molecule has 0 aromatic carbocycles. The molecule has 0 aliphatic heterocycles. The van der Waals surface area contributed by atoms with E-state index in [1.165, 1.54) is 51.4 Å². The molecule has 0 radical (unpaired) electrons. The molecular formula is C27H46O. The van der Waals surface area contributed by atoms with Crippen LogP contribution in [-0.2, 0) is 0 Å². The maximum atomic E-state index is 10.2. The molecule has 1 N–H and O–H groups in total. The molecule has 160 valence electrons. The highest BCUT2D eigenvalue weighted by molar-refractivity contribution is 5.25. The van der Waals surface area contributed by atoms with Crippen molar-refractivity contribution in [2.24, 2.45) is 45.8 Å². The van der Waals surface area contributed by atoms with Crippen molar-refractivity contribution in [3.05, 3.63) is 11.6 Å². The van der Waals surface area contributed by atoms with E-state index < -0.39 is 0 Å². The van der Waals surface area contributed by atoms with E-state index in [2.05, 4.69) is 47.6 Å². The topological polar surface area (TPSA) is 20.2 Å². The molecule has 28 heavy (non-hydrogen) atoms. The van der Waals surface area contributed by atoms with Crippen LogP contribution in [0.4, 0.5) is 0 Å². The zero-order chi connectivity index (χ0) is 20.3. The molecule has 8 atom stereocenters. The van der Waals surface area contributed by atoms with Gasteiger partial charge in [-0.25, -0.2) is 0 Å². The van der Waals surface area contributed by atoms with Gasteiger partial charge in [0.1, 0.15) is 0 Å². The minimum atomic E-state index is -0.0794.